The van der Waals surface area contributed by atoms with Crippen molar-refractivity contribution in [2.45, 2.75) is 46.1 Å². The third-order valence-electron chi connectivity index (χ3n) is 2.31. The molecule has 1 heterocycles. The van der Waals surface area contributed by atoms with Gasteiger partial charge in [0.1, 0.15) is 0 Å². The van der Waals surface area contributed by atoms with Crippen LogP contribution in [0.3, 0.4) is 0 Å². The van der Waals surface area contributed by atoms with Crippen LogP contribution in [0.2, 0.25) is 0 Å². The first-order chi connectivity index (χ1) is 7.67. The fourth-order valence-corrected chi connectivity index (χ4v) is 0.913. The first-order valence-electron chi connectivity index (χ1n) is 5.93. The Morgan fingerprint density at radius 3 is 1.62 bits per heavy atom. The summed E-state index contributed by atoms with van der Waals surface area (Å²) in [7, 11) is 0. The highest BCUT2D eigenvalue weighted by Crippen LogP contribution is 1.95. The van der Waals surface area contributed by atoms with Gasteiger partial charge in [0, 0.05) is 25.0 Å². The second-order valence-electron chi connectivity index (χ2n) is 3.61. The molecule has 0 aliphatic rings. The van der Waals surface area contributed by atoms with Crippen LogP contribution >= 0.6 is 0 Å². The fourth-order valence-electron chi connectivity index (χ4n) is 0.913. The second-order valence-corrected chi connectivity index (χ2v) is 3.61. The highest BCUT2D eigenvalue weighted by molar-refractivity contribution is 5.01. The standard InChI is InChI=1S/C8H12N2.C4H12N2/c1-3-7-5-10-8(4-2)6-9-7;1-2-4(6)3-5/h5-6H,3-4H2,1-2H3;4H,2-3,5-6H2,1H3. The van der Waals surface area contributed by atoms with Gasteiger partial charge in [0.2, 0.25) is 0 Å². The molecule has 0 saturated heterocycles. The summed E-state index contributed by atoms with van der Waals surface area (Å²) >= 11 is 0. The summed E-state index contributed by atoms with van der Waals surface area (Å²) in [6, 6.07) is 0.213. The second kappa shape index (κ2) is 9.24. The quantitative estimate of drug-likeness (QED) is 0.807. The third kappa shape index (κ3) is 6.48. The van der Waals surface area contributed by atoms with Crippen molar-refractivity contribution in [3.05, 3.63) is 23.8 Å². The van der Waals surface area contributed by atoms with Crippen LogP contribution in [0.15, 0.2) is 12.4 Å². The van der Waals surface area contributed by atoms with Crippen LogP contribution < -0.4 is 11.5 Å². The van der Waals surface area contributed by atoms with Crippen LogP contribution in [0.25, 0.3) is 0 Å². The Morgan fingerprint density at radius 1 is 1.06 bits per heavy atom. The average molecular weight is 224 g/mol. The Bertz CT molecular complexity index is 231. The van der Waals surface area contributed by atoms with Gasteiger partial charge in [-0.05, 0) is 19.3 Å². The maximum Gasteiger partial charge on any atom is 0.0584 e. The summed E-state index contributed by atoms with van der Waals surface area (Å²) < 4.78 is 0. The zero-order chi connectivity index (χ0) is 12.4. The van der Waals surface area contributed by atoms with E-state index in [0.717, 1.165) is 30.7 Å². The van der Waals surface area contributed by atoms with Gasteiger partial charge >= 0.3 is 0 Å². The molecule has 0 fully saturated rings. The van der Waals surface area contributed by atoms with E-state index in [1.54, 1.807) is 0 Å². The number of aryl methyl sites for hydroxylation is 2. The van der Waals surface area contributed by atoms with E-state index in [1.165, 1.54) is 0 Å². The Kier molecular flexibility index (Phi) is 8.66. The zero-order valence-corrected chi connectivity index (χ0v) is 10.6. The smallest absolute Gasteiger partial charge is 0.0584 e. The lowest BCUT2D eigenvalue weighted by molar-refractivity contribution is 0.660. The number of hydrogen-bond acceptors (Lipinski definition) is 4. The van der Waals surface area contributed by atoms with E-state index in [9.17, 15) is 0 Å². The Labute approximate surface area is 98.5 Å². The predicted octanol–water partition coefficient (Wildman–Crippen LogP) is 1.28. The number of hydrogen-bond donors (Lipinski definition) is 2. The molecule has 16 heavy (non-hydrogen) atoms. The van der Waals surface area contributed by atoms with Gasteiger partial charge in [-0.3, -0.25) is 9.97 Å². The Balaban J connectivity index is 0.000000325. The highest BCUT2D eigenvalue weighted by atomic mass is 14.8. The van der Waals surface area contributed by atoms with Crippen molar-refractivity contribution in [2.75, 3.05) is 6.54 Å². The predicted molar refractivity (Wildman–Crippen MR) is 68.1 cm³/mol. The molecule has 0 aliphatic heterocycles. The monoisotopic (exact) mass is 224 g/mol. The molecule has 4 N–H and O–H groups in total. The molecule has 0 aliphatic carbocycles. The van der Waals surface area contributed by atoms with Crippen molar-refractivity contribution in [3.63, 3.8) is 0 Å². The molecule has 4 heteroatoms. The molecule has 0 bridgehead atoms. The number of rotatable bonds is 4. The molecule has 1 unspecified atom stereocenters. The van der Waals surface area contributed by atoms with Crippen LogP contribution in [0.1, 0.15) is 38.6 Å². The summed E-state index contributed by atoms with van der Waals surface area (Å²) in [6.45, 7) is 6.79. The van der Waals surface area contributed by atoms with E-state index in [-0.39, 0.29) is 6.04 Å². The van der Waals surface area contributed by atoms with Gasteiger partial charge in [0.05, 0.1) is 11.4 Å². The van der Waals surface area contributed by atoms with E-state index in [0.29, 0.717) is 6.54 Å². The van der Waals surface area contributed by atoms with Crippen molar-refractivity contribution >= 4 is 0 Å². The van der Waals surface area contributed by atoms with Crippen molar-refractivity contribution in [2.24, 2.45) is 11.5 Å². The minimum atomic E-state index is 0.213. The van der Waals surface area contributed by atoms with Crippen LogP contribution in [0, 0.1) is 0 Å². The summed E-state index contributed by atoms with van der Waals surface area (Å²) in [5.74, 6) is 0. The van der Waals surface area contributed by atoms with E-state index in [2.05, 4.69) is 23.8 Å². The molecule has 1 aromatic heterocycles. The largest absolute Gasteiger partial charge is 0.329 e. The summed E-state index contributed by atoms with van der Waals surface area (Å²) in [5.41, 5.74) is 12.6. The van der Waals surface area contributed by atoms with Crippen molar-refractivity contribution in [1.82, 2.24) is 9.97 Å². The summed E-state index contributed by atoms with van der Waals surface area (Å²) in [5, 5.41) is 0. The number of aromatic nitrogens is 2. The number of nitrogens with two attached hydrogens (primary N) is 2. The van der Waals surface area contributed by atoms with Crippen molar-refractivity contribution in [1.29, 1.82) is 0 Å². The lowest BCUT2D eigenvalue weighted by atomic mass is 10.2. The minimum absolute atomic E-state index is 0.213. The lowest BCUT2D eigenvalue weighted by Crippen LogP contribution is -2.28. The lowest BCUT2D eigenvalue weighted by Gasteiger charge is -1.99. The molecule has 0 saturated carbocycles. The molecule has 1 atom stereocenters. The highest BCUT2D eigenvalue weighted by Gasteiger charge is 1.91. The molecular weight excluding hydrogens is 200 g/mol. The molecular formula is C12H24N4. The van der Waals surface area contributed by atoms with Gasteiger partial charge in [-0.15, -0.1) is 0 Å². The maximum atomic E-state index is 5.35. The summed E-state index contributed by atoms with van der Waals surface area (Å²) in [4.78, 5) is 8.41. The van der Waals surface area contributed by atoms with Gasteiger partial charge in [-0.2, -0.15) is 0 Å². The molecule has 4 nitrogen and oxygen atoms in total. The molecule has 0 spiro atoms. The Hall–Kier alpha value is -1.00. The van der Waals surface area contributed by atoms with E-state index >= 15 is 0 Å². The van der Waals surface area contributed by atoms with Crippen LogP contribution in [-0.2, 0) is 12.8 Å². The van der Waals surface area contributed by atoms with Gasteiger partial charge in [-0.1, -0.05) is 20.8 Å². The molecule has 0 amide bonds. The minimum Gasteiger partial charge on any atom is -0.329 e. The van der Waals surface area contributed by atoms with Crippen LogP contribution in [-0.4, -0.2) is 22.6 Å². The molecule has 0 aromatic carbocycles. The molecule has 1 rings (SSSR count). The summed E-state index contributed by atoms with van der Waals surface area (Å²) in [6.07, 6.45) is 6.61. The topological polar surface area (TPSA) is 77.8 Å². The van der Waals surface area contributed by atoms with Crippen LogP contribution in [0.5, 0.6) is 0 Å². The first-order valence-corrected chi connectivity index (χ1v) is 5.93. The zero-order valence-electron chi connectivity index (χ0n) is 10.6. The molecule has 92 valence electrons. The van der Waals surface area contributed by atoms with Gasteiger partial charge in [-0.25, -0.2) is 0 Å². The van der Waals surface area contributed by atoms with Crippen molar-refractivity contribution < 1.29 is 0 Å². The van der Waals surface area contributed by atoms with Crippen molar-refractivity contribution in [3.8, 4) is 0 Å². The average Bonchev–Trinajstić information content (AvgIpc) is 2.38. The first kappa shape index (κ1) is 15.0. The van der Waals surface area contributed by atoms with Crippen LogP contribution in [0.4, 0.5) is 0 Å². The maximum absolute atomic E-state index is 5.35. The normalized spacial score (nSPS) is 11.6. The Morgan fingerprint density at radius 2 is 1.50 bits per heavy atom. The van der Waals surface area contributed by atoms with Gasteiger partial charge in [0.15, 0.2) is 0 Å². The van der Waals surface area contributed by atoms with E-state index < -0.39 is 0 Å². The third-order valence-corrected chi connectivity index (χ3v) is 2.31. The molecule has 1 aromatic rings. The number of nitrogens with zero attached hydrogens (tertiary/aromatic N) is 2. The SMILES string of the molecule is CCC(N)CN.CCc1cnc(CC)cn1. The van der Waals surface area contributed by atoms with E-state index in [1.807, 2.05) is 19.3 Å². The van der Waals surface area contributed by atoms with Gasteiger partial charge < -0.3 is 11.5 Å². The molecule has 0 radical (unpaired) electrons. The fraction of sp³-hybridized carbons (Fsp3) is 0.667. The van der Waals surface area contributed by atoms with Gasteiger partial charge in [0.25, 0.3) is 0 Å². The van der Waals surface area contributed by atoms with E-state index in [4.69, 9.17) is 11.5 Å².